The standard InChI is InChI=1S/C10H14N6O/c1-4-16-6-11-7-8(16)13-10(14-9(7)17)12-5-15(2)3/h5-6H,4H2,1-3H3,(H,13,14,17)/b12-5+. The van der Waals surface area contributed by atoms with Gasteiger partial charge in [0.05, 0.1) is 12.7 Å². The Morgan fingerprint density at radius 2 is 2.35 bits per heavy atom. The number of hydrogen-bond acceptors (Lipinski definition) is 4. The molecule has 1 N–H and O–H groups in total. The minimum absolute atomic E-state index is 0.270. The van der Waals surface area contributed by atoms with Crippen LogP contribution in [0.2, 0.25) is 0 Å². The molecule has 0 atom stereocenters. The summed E-state index contributed by atoms with van der Waals surface area (Å²) in [5, 5.41) is 0. The van der Waals surface area contributed by atoms with Crippen LogP contribution in [0.3, 0.4) is 0 Å². The average molecular weight is 234 g/mol. The quantitative estimate of drug-likeness (QED) is 0.614. The lowest BCUT2D eigenvalue weighted by molar-refractivity contribution is 0.642. The summed E-state index contributed by atoms with van der Waals surface area (Å²) < 4.78 is 1.80. The molecule has 7 heteroatoms. The highest BCUT2D eigenvalue weighted by Gasteiger charge is 2.08. The fourth-order valence-corrected chi connectivity index (χ4v) is 1.40. The van der Waals surface area contributed by atoms with Crippen LogP contribution >= 0.6 is 0 Å². The van der Waals surface area contributed by atoms with Gasteiger partial charge in [-0.1, -0.05) is 0 Å². The van der Waals surface area contributed by atoms with Crippen molar-refractivity contribution in [2.24, 2.45) is 4.99 Å². The molecule has 0 aliphatic rings. The van der Waals surface area contributed by atoms with Crippen LogP contribution in [0.1, 0.15) is 6.92 Å². The topological polar surface area (TPSA) is 79.2 Å². The number of nitrogens with one attached hydrogen (secondary N) is 1. The summed E-state index contributed by atoms with van der Waals surface area (Å²) >= 11 is 0. The van der Waals surface area contributed by atoms with E-state index in [4.69, 9.17) is 0 Å². The van der Waals surface area contributed by atoms with Gasteiger partial charge >= 0.3 is 0 Å². The maximum absolute atomic E-state index is 11.7. The molecule has 0 bridgehead atoms. The first-order chi connectivity index (χ1) is 8.11. The van der Waals surface area contributed by atoms with Crippen molar-refractivity contribution in [2.45, 2.75) is 13.5 Å². The van der Waals surface area contributed by atoms with Crippen molar-refractivity contribution in [3.8, 4) is 0 Å². The van der Waals surface area contributed by atoms with E-state index in [1.54, 1.807) is 22.1 Å². The van der Waals surface area contributed by atoms with Gasteiger partial charge in [-0.2, -0.15) is 4.98 Å². The normalized spacial score (nSPS) is 11.5. The zero-order valence-corrected chi connectivity index (χ0v) is 10.0. The second-order valence-electron chi connectivity index (χ2n) is 3.80. The number of imidazole rings is 1. The summed E-state index contributed by atoms with van der Waals surface area (Å²) in [6.07, 6.45) is 3.18. The maximum Gasteiger partial charge on any atom is 0.280 e. The molecule has 2 aromatic rings. The Morgan fingerprint density at radius 1 is 1.59 bits per heavy atom. The van der Waals surface area contributed by atoms with Crippen LogP contribution in [0.5, 0.6) is 0 Å². The fraction of sp³-hybridized carbons (Fsp3) is 0.400. The Labute approximate surface area is 97.8 Å². The number of hydrogen-bond donors (Lipinski definition) is 1. The lowest BCUT2D eigenvalue weighted by Gasteiger charge is -2.02. The van der Waals surface area contributed by atoms with Gasteiger partial charge in [0.15, 0.2) is 11.2 Å². The summed E-state index contributed by atoms with van der Waals surface area (Å²) in [5.41, 5.74) is 0.630. The highest BCUT2D eigenvalue weighted by atomic mass is 16.1. The van der Waals surface area contributed by atoms with Crippen LogP contribution in [0.25, 0.3) is 11.2 Å². The molecule has 90 valence electrons. The van der Waals surface area contributed by atoms with E-state index in [9.17, 15) is 4.79 Å². The summed E-state index contributed by atoms with van der Waals surface area (Å²) in [6.45, 7) is 2.68. The van der Waals surface area contributed by atoms with Gasteiger partial charge in [0.1, 0.15) is 0 Å². The Balaban J connectivity index is 2.56. The van der Waals surface area contributed by atoms with Gasteiger partial charge in [0.25, 0.3) is 5.56 Å². The molecule has 0 aliphatic heterocycles. The molecule has 7 nitrogen and oxygen atoms in total. The number of rotatable bonds is 3. The van der Waals surface area contributed by atoms with Gasteiger partial charge in [0.2, 0.25) is 5.95 Å². The Morgan fingerprint density at radius 3 is 3.00 bits per heavy atom. The molecule has 17 heavy (non-hydrogen) atoms. The van der Waals surface area contributed by atoms with Crippen molar-refractivity contribution in [2.75, 3.05) is 14.1 Å². The van der Waals surface area contributed by atoms with Gasteiger partial charge < -0.3 is 9.47 Å². The van der Waals surface area contributed by atoms with E-state index < -0.39 is 0 Å². The smallest absolute Gasteiger partial charge is 0.280 e. The van der Waals surface area contributed by atoms with Crippen LogP contribution in [0, 0.1) is 0 Å². The molecule has 0 fully saturated rings. The monoisotopic (exact) mass is 234 g/mol. The van der Waals surface area contributed by atoms with Gasteiger partial charge in [-0.3, -0.25) is 9.78 Å². The van der Waals surface area contributed by atoms with Crippen molar-refractivity contribution >= 4 is 23.5 Å². The summed E-state index contributed by atoms with van der Waals surface area (Å²) in [5.74, 6) is 0.284. The second-order valence-corrected chi connectivity index (χ2v) is 3.80. The van der Waals surface area contributed by atoms with Gasteiger partial charge in [0, 0.05) is 20.6 Å². The molecule has 2 heterocycles. The number of nitrogens with zero attached hydrogens (tertiary/aromatic N) is 5. The van der Waals surface area contributed by atoms with E-state index in [1.807, 2.05) is 21.0 Å². The molecule has 2 rings (SSSR count). The first kappa shape index (κ1) is 11.3. The molecule has 2 aromatic heterocycles. The average Bonchev–Trinajstić information content (AvgIpc) is 2.69. The van der Waals surface area contributed by atoms with Crippen LogP contribution in [0.4, 0.5) is 5.95 Å². The van der Waals surface area contributed by atoms with Crippen molar-refractivity contribution in [3.63, 3.8) is 0 Å². The predicted molar refractivity (Wildman–Crippen MR) is 65.7 cm³/mol. The first-order valence-corrected chi connectivity index (χ1v) is 5.27. The highest BCUT2D eigenvalue weighted by Crippen LogP contribution is 2.08. The summed E-state index contributed by atoms with van der Waals surface area (Å²) in [6, 6.07) is 0. The van der Waals surface area contributed by atoms with E-state index in [1.165, 1.54) is 0 Å². The third kappa shape index (κ3) is 2.17. The van der Waals surface area contributed by atoms with Crippen LogP contribution in [0.15, 0.2) is 16.1 Å². The van der Waals surface area contributed by atoms with Gasteiger partial charge in [-0.15, -0.1) is 0 Å². The largest absolute Gasteiger partial charge is 0.369 e. The van der Waals surface area contributed by atoms with E-state index in [0.717, 1.165) is 0 Å². The molecule has 0 radical (unpaired) electrons. The predicted octanol–water partition coefficient (Wildman–Crippen LogP) is 0.361. The SMILES string of the molecule is CCn1cnc2c(=O)[nH]c(/N=C/N(C)C)nc21. The number of aromatic amines is 1. The zero-order valence-electron chi connectivity index (χ0n) is 10.0. The van der Waals surface area contributed by atoms with Crippen LogP contribution < -0.4 is 5.56 Å². The Bertz CT molecular complexity index is 609. The fourth-order valence-electron chi connectivity index (χ4n) is 1.40. The number of aliphatic imine (C=N–C) groups is 1. The van der Waals surface area contributed by atoms with E-state index in [-0.39, 0.29) is 11.5 Å². The van der Waals surface area contributed by atoms with E-state index >= 15 is 0 Å². The Kier molecular flexibility index (Phi) is 2.90. The molecule has 0 spiro atoms. The van der Waals surface area contributed by atoms with Gasteiger partial charge in [-0.25, -0.2) is 9.98 Å². The minimum Gasteiger partial charge on any atom is -0.369 e. The molecule has 0 aromatic carbocycles. The number of aromatic nitrogens is 4. The minimum atomic E-state index is -0.270. The molecule has 0 saturated heterocycles. The lowest BCUT2D eigenvalue weighted by Crippen LogP contribution is -2.10. The third-order valence-corrected chi connectivity index (χ3v) is 2.21. The second kappa shape index (κ2) is 4.36. The molecule has 0 amide bonds. The number of aryl methyl sites for hydroxylation is 1. The maximum atomic E-state index is 11.7. The number of H-pyrrole nitrogens is 1. The zero-order chi connectivity index (χ0) is 12.4. The molecular formula is C10H14N6O. The lowest BCUT2D eigenvalue weighted by atomic mass is 10.5. The van der Waals surface area contributed by atoms with Gasteiger partial charge in [-0.05, 0) is 6.92 Å². The molecular weight excluding hydrogens is 220 g/mol. The van der Waals surface area contributed by atoms with E-state index in [2.05, 4.69) is 19.9 Å². The van der Waals surface area contributed by atoms with Crippen molar-refractivity contribution in [3.05, 3.63) is 16.7 Å². The van der Waals surface area contributed by atoms with Crippen molar-refractivity contribution in [1.29, 1.82) is 0 Å². The first-order valence-electron chi connectivity index (χ1n) is 5.27. The molecule has 0 aliphatic carbocycles. The highest BCUT2D eigenvalue weighted by molar-refractivity contribution is 5.71. The van der Waals surface area contributed by atoms with E-state index in [0.29, 0.717) is 17.7 Å². The van der Waals surface area contributed by atoms with Crippen LogP contribution in [-0.4, -0.2) is 44.9 Å². The van der Waals surface area contributed by atoms with Crippen LogP contribution in [-0.2, 0) is 6.54 Å². The number of fused-ring (bicyclic) bond motifs is 1. The van der Waals surface area contributed by atoms with Crippen molar-refractivity contribution < 1.29 is 0 Å². The summed E-state index contributed by atoms with van der Waals surface area (Å²) in [7, 11) is 3.69. The molecule has 0 unspecified atom stereocenters. The third-order valence-electron chi connectivity index (χ3n) is 2.21. The molecule has 0 saturated carbocycles. The Hall–Kier alpha value is -2.18. The summed E-state index contributed by atoms with van der Waals surface area (Å²) in [4.78, 5) is 28.4. The van der Waals surface area contributed by atoms with Crippen molar-refractivity contribution in [1.82, 2.24) is 24.4 Å².